The van der Waals surface area contributed by atoms with E-state index in [2.05, 4.69) is 15.0 Å². The van der Waals surface area contributed by atoms with Gasteiger partial charge in [-0.2, -0.15) is 0 Å². The van der Waals surface area contributed by atoms with Crippen molar-refractivity contribution in [2.45, 2.75) is 29.7 Å². The number of imidazole rings is 1. The number of nitrogens with two attached hydrogens (primary N) is 1. The average Bonchev–Trinajstić information content (AvgIpc) is 3.17. The molecular weight excluding hydrogens is 401 g/mol. The normalized spacial score (nSPS) is 33.4. The minimum Gasteiger partial charge on any atom is -0.396 e. The van der Waals surface area contributed by atoms with Crippen LogP contribution in [0.1, 0.15) is 6.23 Å². The Kier molecular flexibility index (Phi) is 5.12. The van der Waals surface area contributed by atoms with E-state index >= 15 is 0 Å². The van der Waals surface area contributed by atoms with E-state index in [1.54, 1.807) is 4.57 Å². The molecule has 0 amide bonds. The standard InChI is InChI=1S/C13H18N5O7PS/c1-22-9-8-6(4-23-26(20,21)25-8)24-12(9)18-11-7(10(14)15-5-16-11)17-13(18)27-3-2-19/h5-6,8-9,12,19H,2-4H2,1H3,(H,20,21)(H2,14,15,16)/t6-,8-,9-,12-/m1/s1. The van der Waals surface area contributed by atoms with Gasteiger partial charge in [0, 0.05) is 12.9 Å². The van der Waals surface area contributed by atoms with Crippen LogP contribution in [0.3, 0.4) is 0 Å². The number of ether oxygens (including phenoxy) is 2. The van der Waals surface area contributed by atoms with Gasteiger partial charge in [-0.3, -0.25) is 13.6 Å². The van der Waals surface area contributed by atoms with E-state index in [-0.39, 0.29) is 19.0 Å². The van der Waals surface area contributed by atoms with Crippen molar-refractivity contribution in [3.8, 4) is 0 Å². The molecule has 2 aromatic heterocycles. The number of phosphoric acid groups is 1. The Labute approximate surface area is 157 Å². The highest BCUT2D eigenvalue weighted by atomic mass is 32.2. The molecule has 148 valence electrons. The van der Waals surface area contributed by atoms with Crippen molar-refractivity contribution < 1.29 is 33.1 Å². The molecular formula is C13H18N5O7PS. The van der Waals surface area contributed by atoms with Crippen molar-refractivity contribution in [1.29, 1.82) is 0 Å². The number of aliphatic hydroxyl groups excluding tert-OH is 1. The van der Waals surface area contributed by atoms with Crippen LogP contribution in [0.25, 0.3) is 11.2 Å². The summed E-state index contributed by atoms with van der Waals surface area (Å²) >= 11 is 1.28. The predicted molar refractivity (Wildman–Crippen MR) is 92.9 cm³/mol. The number of phosphoric ester groups is 1. The van der Waals surface area contributed by atoms with Gasteiger partial charge in [-0.15, -0.1) is 0 Å². The number of hydrogen-bond donors (Lipinski definition) is 3. The summed E-state index contributed by atoms with van der Waals surface area (Å²) in [6, 6.07) is 0. The van der Waals surface area contributed by atoms with E-state index in [1.807, 2.05) is 0 Å². The highest BCUT2D eigenvalue weighted by Gasteiger charge is 2.54. The van der Waals surface area contributed by atoms with Gasteiger partial charge >= 0.3 is 7.82 Å². The molecule has 0 saturated carbocycles. The van der Waals surface area contributed by atoms with E-state index in [9.17, 15) is 14.6 Å². The zero-order valence-electron chi connectivity index (χ0n) is 14.2. The highest BCUT2D eigenvalue weighted by Crippen LogP contribution is 2.53. The Balaban J connectivity index is 1.78. The molecule has 4 heterocycles. The molecule has 14 heteroatoms. The Morgan fingerprint density at radius 1 is 1.52 bits per heavy atom. The molecule has 2 saturated heterocycles. The van der Waals surface area contributed by atoms with Crippen LogP contribution in [0.2, 0.25) is 0 Å². The van der Waals surface area contributed by atoms with Gasteiger partial charge in [0.25, 0.3) is 0 Å². The number of methoxy groups -OCH3 is 1. The lowest BCUT2D eigenvalue weighted by Gasteiger charge is -2.29. The summed E-state index contributed by atoms with van der Waals surface area (Å²) in [5, 5.41) is 9.67. The van der Waals surface area contributed by atoms with Crippen molar-refractivity contribution >= 4 is 36.6 Å². The fraction of sp³-hybridized carbons (Fsp3) is 0.615. The second kappa shape index (κ2) is 7.26. The molecule has 2 aliphatic rings. The van der Waals surface area contributed by atoms with Crippen LogP contribution >= 0.6 is 19.6 Å². The molecule has 2 fully saturated rings. The molecule has 4 N–H and O–H groups in total. The molecule has 5 atom stereocenters. The lowest BCUT2D eigenvalue weighted by Crippen LogP contribution is -2.40. The van der Waals surface area contributed by atoms with Crippen molar-refractivity contribution in [1.82, 2.24) is 19.5 Å². The van der Waals surface area contributed by atoms with Crippen molar-refractivity contribution in [3.05, 3.63) is 6.33 Å². The highest BCUT2D eigenvalue weighted by molar-refractivity contribution is 7.99. The van der Waals surface area contributed by atoms with Gasteiger partial charge in [0.15, 0.2) is 28.4 Å². The summed E-state index contributed by atoms with van der Waals surface area (Å²) in [7, 11) is -2.71. The third-order valence-electron chi connectivity index (χ3n) is 4.26. The number of nitrogen functional groups attached to an aromatic ring is 1. The fourth-order valence-corrected chi connectivity index (χ4v) is 4.87. The third-order valence-corrected chi connectivity index (χ3v) is 6.18. The maximum absolute atomic E-state index is 11.8. The largest absolute Gasteiger partial charge is 0.472 e. The minimum absolute atomic E-state index is 0.0514. The van der Waals surface area contributed by atoms with Crippen LogP contribution in [0.15, 0.2) is 11.5 Å². The number of aromatic nitrogens is 4. The Hall–Kier alpha value is -1.31. The maximum atomic E-state index is 11.8. The quantitative estimate of drug-likeness (QED) is 0.437. The molecule has 12 nitrogen and oxygen atoms in total. The number of hydrogen-bond acceptors (Lipinski definition) is 11. The third kappa shape index (κ3) is 3.34. The number of thioether (sulfide) groups is 1. The number of aliphatic hydroxyl groups is 1. The molecule has 0 aliphatic carbocycles. The van der Waals surface area contributed by atoms with Gasteiger partial charge in [-0.05, 0) is 0 Å². The Bertz CT molecular complexity index is 897. The maximum Gasteiger partial charge on any atom is 0.472 e. The Morgan fingerprint density at radius 2 is 2.33 bits per heavy atom. The molecule has 0 aromatic carbocycles. The van der Waals surface area contributed by atoms with Gasteiger partial charge in [-0.25, -0.2) is 19.5 Å². The molecule has 27 heavy (non-hydrogen) atoms. The zero-order chi connectivity index (χ0) is 19.2. The van der Waals surface area contributed by atoms with Gasteiger partial charge in [0.05, 0.1) is 13.2 Å². The molecule has 2 aromatic rings. The predicted octanol–water partition coefficient (Wildman–Crippen LogP) is -0.0789. The molecule has 0 bridgehead atoms. The van der Waals surface area contributed by atoms with Crippen LogP contribution in [0, 0.1) is 0 Å². The number of nitrogens with zero attached hydrogens (tertiary/aromatic N) is 4. The van der Waals surface area contributed by atoms with Gasteiger partial charge in [-0.1, -0.05) is 11.8 Å². The van der Waals surface area contributed by atoms with E-state index in [0.29, 0.717) is 22.1 Å². The van der Waals surface area contributed by atoms with E-state index in [0.717, 1.165) is 0 Å². The first-order valence-corrected chi connectivity index (χ1v) is 10.5. The smallest absolute Gasteiger partial charge is 0.396 e. The van der Waals surface area contributed by atoms with Crippen LogP contribution in [0.4, 0.5) is 5.82 Å². The monoisotopic (exact) mass is 419 g/mol. The average molecular weight is 419 g/mol. The van der Waals surface area contributed by atoms with E-state index in [4.69, 9.17) is 24.3 Å². The summed E-state index contributed by atoms with van der Waals surface area (Å²) < 4.78 is 35.1. The molecule has 0 radical (unpaired) electrons. The van der Waals surface area contributed by atoms with E-state index in [1.165, 1.54) is 25.2 Å². The Morgan fingerprint density at radius 3 is 3.07 bits per heavy atom. The zero-order valence-corrected chi connectivity index (χ0v) is 15.9. The number of anilines is 1. The summed E-state index contributed by atoms with van der Waals surface area (Å²) in [5.41, 5.74) is 6.72. The van der Waals surface area contributed by atoms with Gasteiger partial charge in [0.2, 0.25) is 0 Å². The van der Waals surface area contributed by atoms with Crippen LogP contribution in [-0.2, 0) is 23.1 Å². The SMILES string of the molecule is CO[C@@H]1[C@@H]2OP(=O)(O)OC[C@H]2O[C@H]1n1c(SCCO)nc2c(N)ncnc21. The van der Waals surface area contributed by atoms with Crippen molar-refractivity contribution in [2.75, 3.05) is 31.8 Å². The second-order valence-electron chi connectivity index (χ2n) is 5.87. The first-order chi connectivity index (χ1) is 12.9. The second-order valence-corrected chi connectivity index (χ2v) is 8.34. The molecule has 1 unspecified atom stereocenters. The molecule has 4 rings (SSSR count). The van der Waals surface area contributed by atoms with E-state index < -0.39 is 32.4 Å². The van der Waals surface area contributed by atoms with Crippen LogP contribution < -0.4 is 5.73 Å². The minimum atomic E-state index is -4.16. The van der Waals surface area contributed by atoms with Crippen molar-refractivity contribution in [3.63, 3.8) is 0 Å². The summed E-state index contributed by atoms with van der Waals surface area (Å²) in [6.07, 6.45) is -1.59. The van der Waals surface area contributed by atoms with Crippen LogP contribution in [-0.4, -0.2) is 73.9 Å². The van der Waals surface area contributed by atoms with Crippen molar-refractivity contribution in [2.24, 2.45) is 0 Å². The van der Waals surface area contributed by atoms with Gasteiger partial charge in [0.1, 0.15) is 24.6 Å². The summed E-state index contributed by atoms with van der Waals surface area (Å²) in [6.45, 7) is -0.165. The number of rotatable bonds is 5. The topological polar surface area (TPSA) is 164 Å². The van der Waals surface area contributed by atoms with Gasteiger partial charge < -0.3 is 25.2 Å². The summed E-state index contributed by atoms with van der Waals surface area (Å²) in [5.74, 6) is 0.590. The first-order valence-electron chi connectivity index (χ1n) is 8.01. The first kappa shape index (κ1) is 19.0. The lowest BCUT2D eigenvalue weighted by atomic mass is 10.1. The lowest BCUT2D eigenvalue weighted by molar-refractivity contribution is -0.0690. The van der Waals surface area contributed by atoms with Crippen LogP contribution in [0.5, 0.6) is 0 Å². The molecule has 0 spiro atoms. The molecule has 2 aliphatic heterocycles. The fourth-order valence-electron chi connectivity index (χ4n) is 3.15. The summed E-state index contributed by atoms with van der Waals surface area (Å²) in [4.78, 5) is 22.3. The number of fused-ring (bicyclic) bond motifs is 2.